The SMILES string of the molecule is CN1C(=O)BC(=O)/C1=C\c1ccccc1. The molecule has 1 saturated heterocycles. The van der Waals surface area contributed by atoms with E-state index in [0.717, 1.165) is 5.56 Å². The molecule has 0 radical (unpaired) electrons. The highest BCUT2D eigenvalue weighted by atomic mass is 16.2. The number of allylic oxidation sites excluding steroid dienone is 1. The van der Waals surface area contributed by atoms with Crippen molar-refractivity contribution in [2.45, 2.75) is 0 Å². The first kappa shape index (κ1) is 9.71. The van der Waals surface area contributed by atoms with Crippen LogP contribution < -0.4 is 0 Å². The van der Waals surface area contributed by atoms with Crippen LogP contribution in [0.1, 0.15) is 5.56 Å². The number of hydrogen-bond donors (Lipinski definition) is 0. The summed E-state index contributed by atoms with van der Waals surface area (Å²) < 4.78 is 0. The van der Waals surface area contributed by atoms with Gasteiger partial charge in [-0.15, -0.1) is 0 Å². The predicted molar refractivity (Wildman–Crippen MR) is 59.7 cm³/mol. The van der Waals surface area contributed by atoms with Gasteiger partial charge in [0.25, 0.3) is 0 Å². The van der Waals surface area contributed by atoms with Gasteiger partial charge in [0.1, 0.15) is 5.68 Å². The van der Waals surface area contributed by atoms with E-state index < -0.39 is 0 Å². The van der Waals surface area contributed by atoms with E-state index in [9.17, 15) is 9.59 Å². The van der Waals surface area contributed by atoms with Crippen molar-refractivity contribution >= 4 is 24.8 Å². The topological polar surface area (TPSA) is 37.4 Å². The zero-order valence-corrected chi connectivity index (χ0v) is 8.43. The molecule has 1 aliphatic rings. The van der Waals surface area contributed by atoms with Gasteiger partial charge in [-0.3, -0.25) is 4.79 Å². The second kappa shape index (κ2) is 3.73. The minimum absolute atomic E-state index is 0.00479. The summed E-state index contributed by atoms with van der Waals surface area (Å²) in [6, 6.07) is 9.50. The van der Waals surface area contributed by atoms with Gasteiger partial charge in [-0.05, 0) is 11.6 Å². The highest BCUT2D eigenvalue weighted by Gasteiger charge is 2.31. The molecule has 1 heterocycles. The Bertz CT molecular complexity index is 439. The summed E-state index contributed by atoms with van der Waals surface area (Å²) in [5.41, 5.74) is 1.31. The van der Waals surface area contributed by atoms with Crippen molar-refractivity contribution in [2.24, 2.45) is 0 Å². The molecule has 0 bridgehead atoms. The summed E-state index contributed by atoms with van der Waals surface area (Å²) in [6.07, 6.45) is 1.74. The molecule has 0 atom stereocenters. The number of benzene rings is 1. The van der Waals surface area contributed by atoms with Crippen molar-refractivity contribution in [1.82, 2.24) is 4.90 Å². The molecule has 0 aliphatic carbocycles. The molecule has 1 aliphatic heterocycles. The lowest BCUT2D eigenvalue weighted by Crippen LogP contribution is -2.18. The maximum atomic E-state index is 11.5. The van der Waals surface area contributed by atoms with Crippen LogP contribution in [0.15, 0.2) is 36.0 Å². The minimum Gasteiger partial charge on any atom is -0.322 e. The zero-order chi connectivity index (χ0) is 10.8. The quantitative estimate of drug-likeness (QED) is 0.500. The average Bonchev–Trinajstić information content (AvgIpc) is 2.47. The van der Waals surface area contributed by atoms with Crippen molar-refractivity contribution < 1.29 is 9.59 Å². The summed E-state index contributed by atoms with van der Waals surface area (Å²) >= 11 is 0. The molecule has 1 aromatic rings. The molecular formula is C11H10BNO2. The number of carbonyl (C=O) groups is 2. The minimum atomic E-state index is -0.137. The summed E-state index contributed by atoms with van der Waals surface area (Å²) in [5, 5.41) is 0. The van der Waals surface area contributed by atoms with E-state index >= 15 is 0 Å². The Balaban J connectivity index is 2.35. The fraction of sp³-hybridized carbons (Fsp3) is 0.0909. The lowest BCUT2D eigenvalue weighted by molar-refractivity contribution is -0.109. The Morgan fingerprint density at radius 1 is 1.20 bits per heavy atom. The van der Waals surface area contributed by atoms with Gasteiger partial charge in [-0.2, -0.15) is 0 Å². The van der Waals surface area contributed by atoms with E-state index in [4.69, 9.17) is 0 Å². The van der Waals surface area contributed by atoms with Gasteiger partial charge < -0.3 is 9.69 Å². The van der Waals surface area contributed by atoms with E-state index in [0.29, 0.717) is 5.70 Å². The molecule has 74 valence electrons. The number of carbonyl (C=O) groups excluding carboxylic acids is 2. The molecule has 1 amide bonds. The van der Waals surface area contributed by atoms with Crippen LogP contribution in [0.3, 0.4) is 0 Å². The molecular weight excluding hydrogens is 189 g/mol. The van der Waals surface area contributed by atoms with Gasteiger partial charge in [0.2, 0.25) is 0 Å². The van der Waals surface area contributed by atoms with Crippen molar-refractivity contribution in [2.75, 3.05) is 7.05 Å². The van der Waals surface area contributed by atoms with Crippen LogP contribution in [0.25, 0.3) is 6.08 Å². The highest BCUT2D eigenvalue weighted by molar-refractivity contribution is 7.01. The first-order valence-electron chi connectivity index (χ1n) is 4.75. The predicted octanol–water partition coefficient (Wildman–Crippen LogP) is 1.06. The lowest BCUT2D eigenvalue weighted by atomic mass is 9.75. The Morgan fingerprint density at radius 2 is 1.87 bits per heavy atom. The average molecular weight is 199 g/mol. The van der Waals surface area contributed by atoms with Gasteiger partial charge in [0, 0.05) is 7.05 Å². The number of nitrogens with zero attached hydrogens (tertiary/aromatic N) is 1. The highest BCUT2D eigenvalue weighted by Crippen LogP contribution is 2.15. The number of amides is 1. The van der Waals surface area contributed by atoms with Crippen LogP contribution in [-0.2, 0) is 4.79 Å². The summed E-state index contributed by atoms with van der Waals surface area (Å²) in [6.45, 7) is 0. The third kappa shape index (κ3) is 1.84. The normalized spacial score (nSPS) is 18.5. The molecule has 15 heavy (non-hydrogen) atoms. The van der Waals surface area contributed by atoms with Crippen molar-refractivity contribution in [3.05, 3.63) is 41.6 Å². The Hall–Kier alpha value is -1.84. The maximum Gasteiger partial charge on any atom is 0.322 e. The molecule has 1 fully saturated rings. The van der Waals surface area contributed by atoms with Gasteiger partial charge >= 0.3 is 7.28 Å². The molecule has 2 rings (SSSR count). The zero-order valence-electron chi connectivity index (χ0n) is 8.43. The largest absolute Gasteiger partial charge is 0.322 e. The van der Waals surface area contributed by atoms with Crippen LogP contribution >= 0.6 is 0 Å². The van der Waals surface area contributed by atoms with E-state index in [2.05, 4.69) is 0 Å². The maximum absolute atomic E-state index is 11.5. The van der Waals surface area contributed by atoms with Crippen molar-refractivity contribution in [1.29, 1.82) is 0 Å². The van der Waals surface area contributed by atoms with Gasteiger partial charge in [-0.25, -0.2) is 0 Å². The fourth-order valence-electron chi connectivity index (χ4n) is 1.55. The van der Waals surface area contributed by atoms with Crippen molar-refractivity contribution in [3.63, 3.8) is 0 Å². The van der Waals surface area contributed by atoms with Gasteiger partial charge in [0.05, 0.1) is 5.70 Å². The molecule has 0 saturated carbocycles. The summed E-state index contributed by atoms with van der Waals surface area (Å²) in [5.74, 6) is -0.137. The molecule has 0 N–H and O–H groups in total. The Kier molecular flexibility index (Phi) is 2.41. The van der Waals surface area contributed by atoms with E-state index in [1.54, 1.807) is 13.1 Å². The van der Waals surface area contributed by atoms with Crippen LogP contribution in [-0.4, -0.2) is 30.7 Å². The monoisotopic (exact) mass is 199 g/mol. The molecule has 1 aromatic carbocycles. The second-order valence-corrected chi connectivity index (χ2v) is 3.49. The third-order valence-corrected chi connectivity index (χ3v) is 2.44. The van der Waals surface area contributed by atoms with E-state index in [1.165, 1.54) is 4.90 Å². The van der Waals surface area contributed by atoms with Crippen molar-refractivity contribution in [3.8, 4) is 0 Å². The first-order chi connectivity index (χ1) is 7.18. The third-order valence-electron chi connectivity index (χ3n) is 2.44. The van der Waals surface area contributed by atoms with Crippen LogP contribution in [0.5, 0.6) is 0 Å². The van der Waals surface area contributed by atoms with E-state index in [1.807, 2.05) is 30.3 Å². The molecule has 4 heteroatoms. The van der Waals surface area contributed by atoms with Gasteiger partial charge in [0.15, 0.2) is 5.81 Å². The molecule has 0 aromatic heterocycles. The Labute approximate surface area is 88.6 Å². The smallest absolute Gasteiger partial charge is 0.322 e. The van der Waals surface area contributed by atoms with Gasteiger partial charge in [-0.1, -0.05) is 30.3 Å². The summed E-state index contributed by atoms with van der Waals surface area (Å²) in [4.78, 5) is 24.1. The van der Waals surface area contributed by atoms with Crippen LogP contribution in [0.2, 0.25) is 0 Å². The standard InChI is InChI=1S/C11H10BNO2/c1-13-9(10(14)12-11(13)15)7-8-5-3-2-4-6-8/h2-7,12H,1H3/b9-7+. The molecule has 0 unspecified atom stereocenters. The Morgan fingerprint density at radius 3 is 2.40 bits per heavy atom. The lowest BCUT2D eigenvalue weighted by Gasteiger charge is -2.09. The second-order valence-electron chi connectivity index (χ2n) is 3.49. The number of hydrogen-bond acceptors (Lipinski definition) is 2. The fourth-order valence-corrected chi connectivity index (χ4v) is 1.55. The number of likely N-dealkylation sites (N-methyl/N-ethyl adjacent to an activating group) is 1. The summed E-state index contributed by atoms with van der Waals surface area (Å²) in [7, 11) is 1.62. The first-order valence-corrected chi connectivity index (χ1v) is 4.75. The number of rotatable bonds is 1. The van der Waals surface area contributed by atoms with E-state index in [-0.39, 0.29) is 18.8 Å². The molecule has 3 nitrogen and oxygen atoms in total. The van der Waals surface area contributed by atoms with Crippen LogP contribution in [0.4, 0.5) is 4.79 Å². The van der Waals surface area contributed by atoms with Crippen LogP contribution in [0, 0.1) is 0 Å². The molecule has 0 spiro atoms.